The fourth-order valence-electron chi connectivity index (χ4n) is 0.809. The monoisotopic (exact) mass is 349 g/mol. The number of carbonyl (C=O) groups is 2. The van der Waals surface area contributed by atoms with Gasteiger partial charge in [0.05, 0.1) is 22.0 Å². The van der Waals surface area contributed by atoms with E-state index in [1.807, 2.05) is 0 Å². The lowest BCUT2D eigenvalue weighted by molar-refractivity contribution is -0.117. The highest BCUT2D eigenvalue weighted by molar-refractivity contribution is 14.1. The normalized spacial score (nSPS) is 9.25. The molecule has 0 saturated carbocycles. The lowest BCUT2D eigenvalue weighted by Crippen LogP contribution is -2.33. The number of halogens is 1. The van der Waals surface area contributed by atoms with Gasteiger partial charge in [0, 0.05) is 0 Å². The van der Waals surface area contributed by atoms with E-state index in [2.05, 4.69) is 44.1 Å². The van der Waals surface area contributed by atoms with Crippen LogP contribution in [0.15, 0.2) is 6.20 Å². The molecule has 0 radical (unpaired) electrons. The number of anilines is 1. The maximum Gasteiger partial charge on any atom is 0.321 e. The second-order valence-electron chi connectivity index (χ2n) is 2.70. The lowest BCUT2D eigenvalue weighted by Gasteiger charge is -2.02. The minimum Gasteiger partial charge on any atom is -0.331 e. The predicted molar refractivity (Wildman–Crippen MR) is 70.3 cm³/mol. The summed E-state index contributed by atoms with van der Waals surface area (Å²) in [5.74, 6) is 2.01. The molecule has 1 aromatic heterocycles. The summed E-state index contributed by atoms with van der Waals surface area (Å²) >= 11 is 3.45. The first-order valence-electron chi connectivity index (χ1n) is 4.23. The largest absolute Gasteiger partial charge is 0.331 e. The van der Waals surface area contributed by atoms with Gasteiger partial charge in [0.1, 0.15) is 0 Å². The molecule has 2 amide bonds. The molecule has 5 nitrogen and oxygen atoms in total. The van der Waals surface area contributed by atoms with Crippen molar-refractivity contribution in [3.63, 3.8) is 0 Å². The van der Waals surface area contributed by atoms with Crippen molar-refractivity contribution in [2.24, 2.45) is 0 Å². The predicted octanol–water partition coefficient (Wildman–Crippen LogP) is 1.46. The number of hydrogen-bond acceptors (Lipinski definition) is 4. The van der Waals surface area contributed by atoms with Crippen molar-refractivity contribution in [1.29, 1.82) is 0 Å². The number of ketones is 1. The lowest BCUT2D eigenvalue weighted by atomic mass is 10.3. The summed E-state index contributed by atoms with van der Waals surface area (Å²) in [5.41, 5.74) is 0. The number of urea groups is 1. The van der Waals surface area contributed by atoms with E-state index in [1.165, 1.54) is 11.3 Å². The van der Waals surface area contributed by atoms with Gasteiger partial charge in [0.2, 0.25) is 0 Å². The van der Waals surface area contributed by atoms with Crippen LogP contribution in [0, 0.1) is 15.2 Å². The van der Waals surface area contributed by atoms with Crippen molar-refractivity contribution in [2.75, 3.05) is 11.9 Å². The first kappa shape index (κ1) is 12.9. The summed E-state index contributed by atoms with van der Waals surface area (Å²) in [6, 6.07) is -0.462. The van der Waals surface area contributed by atoms with Gasteiger partial charge in [-0.25, -0.2) is 9.78 Å². The molecular formula is C9H8IN3O2S. The number of Topliss-reactive ketones (excluding diaryl/α,β-unsaturated/α-hetero) is 1. The Bertz CT molecular complexity index is 438. The molecule has 0 aromatic carbocycles. The fraction of sp³-hybridized carbons (Fsp3) is 0.222. The van der Waals surface area contributed by atoms with Crippen LogP contribution in [0.3, 0.4) is 0 Å². The zero-order chi connectivity index (χ0) is 12.0. The SMILES string of the molecule is C#CCC(=O)CNC(=O)Nc1ncc(I)s1. The van der Waals surface area contributed by atoms with Gasteiger partial charge in [-0.05, 0) is 22.6 Å². The Labute approximate surface area is 110 Å². The minimum atomic E-state index is -0.462. The molecule has 0 aliphatic carbocycles. The Morgan fingerprint density at radius 3 is 2.94 bits per heavy atom. The van der Waals surface area contributed by atoms with Crippen molar-refractivity contribution in [3.05, 3.63) is 9.08 Å². The van der Waals surface area contributed by atoms with Gasteiger partial charge < -0.3 is 5.32 Å². The fourth-order valence-corrected chi connectivity index (χ4v) is 2.11. The number of rotatable bonds is 4. The van der Waals surface area contributed by atoms with Gasteiger partial charge in [-0.1, -0.05) is 17.3 Å². The molecule has 84 valence electrons. The number of hydrogen-bond donors (Lipinski definition) is 2. The van der Waals surface area contributed by atoms with Crippen LogP contribution in [0.5, 0.6) is 0 Å². The topological polar surface area (TPSA) is 71.1 Å². The molecule has 0 unspecified atom stereocenters. The van der Waals surface area contributed by atoms with E-state index in [0.717, 1.165) is 2.88 Å². The maximum atomic E-state index is 11.3. The van der Waals surface area contributed by atoms with Crippen molar-refractivity contribution in [1.82, 2.24) is 10.3 Å². The molecule has 7 heteroatoms. The van der Waals surface area contributed by atoms with Crippen molar-refractivity contribution < 1.29 is 9.59 Å². The maximum absolute atomic E-state index is 11.3. The molecule has 0 saturated heterocycles. The van der Waals surface area contributed by atoms with Gasteiger partial charge in [-0.3, -0.25) is 10.1 Å². The average molecular weight is 349 g/mol. The number of nitrogens with one attached hydrogen (secondary N) is 2. The molecule has 1 aromatic rings. The number of carbonyl (C=O) groups excluding carboxylic acids is 2. The Kier molecular flexibility index (Phi) is 5.21. The van der Waals surface area contributed by atoms with Crippen LogP contribution in [0.1, 0.15) is 6.42 Å². The summed E-state index contributed by atoms with van der Waals surface area (Å²) < 4.78 is 0.969. The third-order valence-electron chi connectivity index (χ3n) is 1.44. The van der Waals surface area contributed by atoms with Gasteiger partial charge in [-0.15, -0.1) is 6.42 Å². The number of nitrogens with zero attached hydrogens (tertiary/aromatic N) is 1. The van der Waals surface area contributed by atoms with E-state index in [0.29, 0.717) is 5.13 Å². The first-order valence-corrected chi connectivity index (χ1v) is 6.12. The molecule has 0 spiro atoms. The molecular weight excluding hydrogens is 341 g/mol. The van der Waals surface area contributed by atoms with Crippen LogP contribution in [-0.2, 0) is 4.79 Å². The Balaban J connectivity index is 2.32. The Hall–Kier alpha value is -1.14. The van der Waals surface area contributed by atoms with Crippen LogP contribution >= 0.6 is 33.9 Å². The number of thiazole rings is 1. The zero-order valence-corrected chi connectivity index (χ0v) is 11.1. The van der Waals surface area contributed by atoms with Crippen LogP contribution in [0.2, 0.25) is 0 Å². The average Bonchev–Trinajstić information content (AvgIpc) is 2.61. The van der Waals surface area contributed by atoms with E-state index < -0.39 is 6.03 Å². The van der Waals surface area contributed by atoms with E-state index in [-0.39, 0.29) is 18.7 Å². The zero-order valence-electron chi connectivity index (χ0n) is 8.12. The van der Waals surface area contributed by atoms with Crippen molar-refractivity contribution in [2.45, 2.75) is 6.42 Å². The van der Waals surface area contributed by atoms with Crippen molar-refractivity contribution in [3.8, 4) is 12.3 Å². The highest BCUT2D eigenvalue weighted by atomic mass is 127. The minimum absolute atomic E-state index is 0.0232. The number of amides is 2. The van der Waals surface area contributed by atoms with Gasteiger partial charge in [0.25, 0.3) is 0 Å². The molecule has 0 atom stereocenters. The Morgan fingerprint density at radius 2 is 2.38 bits per heavy atom. The third kappa shape index (κ3) is 4.59. The molecule has 1 rings (SSSR count). The van der Waals surface area contributed by atoms with Crippen LogP contribution in [0.4, 0.5) is 9.93 Å². The molecule has 0 aliphatic heterocycles. The molecule has 0 bridgehead atoms. The summed E-state index contributed by atoms with van der Waals surface area (Å²) in [5, 5.41) is 5.39. The summed E-state index contributed by atoms with van der Waals surface area (Å²) in [6.45, 7) is -0.0709. The van der Waals surface area contributed by atoms with Crippen LogP contribution in [0.25, 0.3) is 0 Å². The summed E-state index contributed by atoms with van der Waals surface area (Å²) in [7, 11) is 0. The highest BCUT2D eigenvalue weighted by Gasteiger charge is 2.06. The van der Waals surface area contributed by atoms with Crippen LogP contribution < -0.4 is 10.6 Å². The summed E-state index contributed by atoms with van der Waals surface area (Å²) in [6.07, 6.45) is 6.62. The molecule has 2 N–H and O–H groups in total. The van der Waals surface area contributed by atoms with Crippen molar-refractivity contribution >= 4 is 50.9 Å². The van der Waals surface area contributed by atoms with Gasteiger partial charge in [-0.2, -0.15) is 0 Å². The second kappa shape index (κ2) is 6.44. The smallest absolute Gasteiger partial charge is 0.321 e. The van der Waals surface area contributed by atoms with Gasteiger partial charge in [0.15, 0.2) is 10.9 Å². The van der Waals surface area contributed by atoms with E-state index in [9.17, 15) is 9.59 Å². The van der Waals surface area contributed by atoms with E-state index in [4.69, 9.17) is 6.42 Å². The highest BCUT2D eigenvalue weighted by Crippen LogP contribution is 2.18. The second-order valence-corrected chi connectivity index (χ2v) is 5.62. The van der Waals surface area contributed by atoms with E-state index in [1.54, 1.807) is 6.20 Å². The quantitative estimate of drug-likeness (QED) is 0.639. The third-order valence-corrected chi connectivity index (χ3v) is 3.08. The number of terminal acetylenes is 1. The van der Waals surface area contributed by atoms with E-state index >= 15 is 0 Å². The Morgan fingerprint density at radius 1 is 1.62 bits per heavy atom. The van der Waals surface area contributed by atoms with Crippen LogP contribution in [-0.4, -0.2) is 23.3 Å². The van der Waals surface area contributed by atoms with Gasteiger partial charge >= 0.3 is 6.03 Å². The number of aromatic nitrogens is 1. The molecule has 1 heterocycles. The summed E-state index contributed by atoms with van der Waals surface area (Å²) in [4.78, 5) is 26.2. The standard InChI is InChI=1S/C9H8IN3O2S/c1-2-3-6(14)4-11-8(15)13-9-12-5-7(10)16-9/h1,5H,3-4H2,(H2,11,12,13,15). The molecule has 0 aliphatic rings. The first-order chi connectivity index (χ1) is 7.61. The molecule has 0 fully saturated rings. The molecule has 16 heavy (non-hydrogen) atoms.